The lowest BCUT2D eigenvalue weighted by Crippen LogP contribution is -2.26. The highest BCUT2D eigenvalue weighted by Crippen LogP contribution is 2.20. The van der Waals surface area contributed by atoms with Crippen LogP contribution in [0.4, 0.5) is 5.69 Å². The summed E-state index contributed by atoms with van der Waals surface area (Å²) in [5.41, 5.74) is 5.95. The first-order chi connectivity index (χ1) is 7.19. The summed E-state index contributed by atoms with van der Waals surface area (Å²) in [5, 5.41) is 2.71. The van der Waals surface area contributed by atoms with Crippen LogP contribution in [-0.2, 0) is 4.79 Å². The molecule has 1 aromatic rings. The van der Waals surface area contributed by atoms with E-state index < -0.39 is 0 Å². The molecule has 0 saturated heterocycles. The fraction of sp³-hybridized carbons (Fsp3) is 0.400. The molecular weight excluding hydrogens is 194 g/mol. The number of amides is 1. The topological polar surface area (TPSA) is 77.2 Å². The number of pyridine rings is 1. The molecule has 0 fully saturated rings. The van der Waals surface area contributed by atoms with Crippen molar-refractivity contribution in [3.8, 4) is 5.88 Å². The van der Waals surface area contributed by atoms with E-state index in [9.17, 15) is 4.79 Å². The van der Waals surface area contributed by atoms with Gasteiger partial charge < -0.3 is 15.8 Å². The van der Waals surface area contributed by atoms with E-state index in [-0.39, 0.29) is 11.8 Å². The Hall–Kier alpha value is -1.62. The van der Waals surface area contributed by atoms with Crippen molar-refractivity contribution in [1.82, 2.24) is 4.98 Å². The lowest BCUT2D eigenvalue weighted by Gasteiger charge is -2.11. The van der Waals surface area contributed by atoms with Crippen LogP contribution >= 0.6 is 0 Å². The monoisotopic (exact) mass is 209 g/mol. The van der Waals surface area contributed by atoms with Crippen LogP contribution in [-0.4, -0.2) is 24.5 Å². The fourth-order valence-corrected chi connectivity index (χ4v) is 1.01. The third kappa shape index (κ3) is 2.92. The van der Waals surface area contributed by atoms with Crippen molar-refractivity contribution in [3.05, 3.63) is 18.3 Å². The van der Waals surface area contributed by atoms with E-state index in [1.807, 2.05) is 0 Å². The van der Waals surface area contributed by atoms with Crippen molar-refractivity contribution in [2.75, 3.05) is 19.0 Å². The van der Waals surface area contributed by atoms with Crippen LogP contribution in [0, 0.1) is 5.92 Å². The van der Waals surface area contributed by atoms with Crippen molar-refractivity contribution < 1.29 is 9.53 Å². The van der Waals surface area contributed by atoms with Crippen LogP contribution in [0.2, 0.25) is 0 Å². The van der Waals surface area contributed by atoms with Gasteiger partial charge in [-0.2, -0.15) is 0 Å². The Bertz CT molecular complexity index is 341. The van der Waals surface area contributed by atoms with Gasteiger partial charge in [0.1, 0.15) is 5.69 Å². The zero-order chi connectivity index (χ0) is 11.3. The van der Waals surface area contributed by atoms with E-state index in [0.29, 0.717) is 18.1 Å². The minimum absolute atomic E-state index is 0.135. The molecule has 15 heavy (non-hydrogen) atoms. The summed E-state index contributed by atoms with van der Waals surface area (Å²) >= 11 is 0. The van der Waals surface area contributed by atoms with E-state index in [0.717, 1.165) is 0 Å². The third-order valence-corrected chi connectivity index (χ3v) is 2.02. The van der Waals surface area contributed by atoms with Gasteiger partial charge in [0.15, 0.2) is 0 Å². The van der Waals surface area contributed by atoms with Crippen molar-refractivity contribution in [3.63, 3.8) is 0 Å². The molecule has 5 nitrogen and oxygen atoms in total. The second-order valence-electron chi connectivity index (χ2n) is 3.19. The zero-order valence-corrected chi connectivity index (χ0v) is 8.86. The van der Waals surface area contributed by atoms with Gasteiger partial charge in [-0.25, -0.2) is 4.98 Å². The zero-order valence-electron chi connectivity index (χ0n) is 8.86. The van der Waals surface area contributed by atoms with Crippen LogP contribution < -0.4 is 15.8 Å². The lowest BCUT2D eigenvalue weighted by atomic mass is 10.1. The molecule has 0 spiro atoms. The molecule has 0 aliphatic carbocycles. The van der Waals surface area contributed by atoms with Crippen LogP contribution in [0.3, 0.4) is 0 Å². The summed E-state index contributed by atoms with van der Waals surface area (Å²) in [6.07, 6.45) is 1.60. The summed E-state index contributed by atoms with van der Waals surface area (Å²) in [6, 6.07) is 3.46. The van der Waals surface area contributed by atoms with Gasteiger partial charge in [-0.3, -0.25) is 4.79 Å². The molecule has 1 heterocycles. The van der Waals surface area contributed by atoms with Crippen LogP contribution in [0.1, 0.15) is 6.92 Å². The van der Waals surface area contributed by atoms with Crippen molar-refractivity contribution in [1.29, 1.82) is 0 Å². The van der Waals surface area contributed by atoms with Crippen molar-refractivity contribution in [2.45, 2.75) is 6.92 Å². The number of ether oxygens (including phenoxy) is 1. The number of methoxy groups -OCH3 is 1. The summed E-state index contributed by atoms with van der Waals surface area (Å²) in [6.45, 7) is 2.08. The van der Waals surface area contributed by atoms with Crippen molar-refractivity contribution in [2.24, 2.45) is 11.7 Å². The standard InChI is InChI=1S/C10H15N3O2/c1-7(6-11)9(14)13-8-4-3-5-12-10(8)15-2/h3-5,7H,6,11H2,1-2H3,(H,13,14). The minimum atomic E-state index is -0.227. The average Bonchev–Trinajstić information content (AvgIpc) is 2.28. The highest BCUT2D eigenvalue weighted by Gasteiger charge is 2.13. The maximum absolute atomic E-state index is 11.5. The SMILES string of the molecule is COc1ncccc1NC(=O)C(C)CN. The molecular formula is C10H15N3O2. The van der Waals surface area contributed by atoms with Gasteiger partial charge in [0, 0.05) is 18.7 Å². The van der Waals surface area contributed by atoms with E-state index in [4.69, 9.17) is 10.5 Å². The summed E-state index contributed by atoms with van der Waals surface area (Å²) in [7, 11) is 1.50. The van der Waals surface area contributed by atoms with E-state index >= 15 is 0 Å². The first-order valence-corrected chi connectivity index (χ1v) is 4.69. The second-order valence-corrected chi connectivity index (χ2v) is 3.19. The molecule has 1 amide bonds. The minimum Gasteiger partial charge on any atom is -0.480 e. The summed E-state index contributed by atoms with van der Waals surface area (Å²) in [4.78, 5) is 15.5. The van der Waals surface area contributed by atoms with Crippen molar-refractivity contribution >= 4 is 11.6 Å². The summed E-state index contributed by atoms with van der Waals surface area (Å²) < 4.78 is 5.00. The molecule has 5 heteroatoms. The van der Waals surface area contributed by atoms with Gasteiger partial charge in [-0.15, -0.1) is 0 Å². The number of hydrogen-bond acceptors (Lipinski definition) is 4. The van der Waals surface area contributed by atoms with E-state index in [2.05, 4.69) is 10.3 Å². The number of hydrogen-bond donors (Lipinski definition) is 2. The molecule has 82 valence electrons. The maximum Gasteiger partial charge on any atom is 0.237 e. The molecule has 0 saturated carbocycles. The normalized spacial score (nSPS) is 11.9. The quantitative estimate of drug-likeness (QED) is 0.762. The van der Waals surface area contributed by atoms with Gasteiger partial charge in [0.2, 0.25) is 11.8 Å². The van der Waals surface area contributed by atoms with Crippen LogP contribution in [0.15, 0.2) is 18.3 Å². The Morgan fingerprint density at radius 1 is 1.73 bits per heavy atom. The molecule has 1 atom stereocenters. The van der Waals surface area contributed by atoms with Crippen LogP contribution in [0.25, 0.3) is 0 Å². The highest BCUT2D eigenvalue weighted by atomic mass is 16.5. The molecule has 0 bridgehead atoms. The Balaban J connectivity index is 2.76. The molecule has 3 N–H and O–H groups in total. The molecule has 1 unspecified atom stereocenters. The number of nitrogens with two attached hydrogens (primary N) is 1. The predicted molar refractivity (Wildman–Crippen MR) is 57.6 cm³/mol. The van der Waals surface area contributed by atoms with Gasteiger partial charge >= 0.3 is 0 Å². The van der Waals surface area contributed by atoms with Gasteiger partial charge in [0.05, 0.1) is 7.11 Å². The number of aromatic nitrogens is 1. The average molecular weight is 209 g/mol. The number of nitrogens with one attached hydrogen (secondary N) is 1. The largest absolute Gasteiger partial charge is 0.480 e. The number of carbonyl (C=O) groups excluding carboxylic acids is 1. The molecule has 1 aromatic heterocycles. The predicted octanol–water partition coefficient (Wildman–Crippen LogP) is 0.624. The Morgan fingerprint density at radius 3 is 3.07 bits per heavy atom. The van der Waals surface area contributed by atoms with Gasteiger partial charge in [-0.05, 0) is 12.1 Å². The van der Waals surface area contributed by atoms with Gasteiger partial charge in [-0.1, -0.05) is 6.92 Å². The molecule has 0 aliphatic rings. The second kappa shape index (κ2) is 5.31. The third-order valence-electron chi connectivity index (χ3n) is 2.02. The van der Waals surface area contributed by atoms with E-state index in [1.54, 1.807) is 25.3 Å². The fourth-order valence-electron chi connectivity index (χ4n) is 1.01. The first kappa shape index (κ1) is 11.5. The lowest BCUT2D eigenvalue weighted by molar-refractivity contribution is -0.119. The maximum atomic E-state index is 11.5. The Labute approximate surface area is 88.6 Å². The number of nitrogens with zero attached hydrogens (tertiary/aromatic N) is 1. The number of carbonyl (C=O) groups is 1. The molecule has 0 aromatic carbocycles. The van der Waals surface area contributed by atoms with Crippen LogP contribution in [0.5, 0.6) is 5.88 Å². The number of rotatable bonds is 4. The van der Waals surface area contributed by atoms with Gasteiger partial charge in [0.25, 0.3) is 0 Å². The van der Waals surface area contributed by atoms with E-state index in [1.165, 1.54) is 7.11 Å². The molecule has 0 aliphatic heterocycles. The summed E-state index contributed by atoms with van der Waals surface area (Å²) in [5.74, 6) is 0.0359. The molecule has 1 rings (SSSR count). The number of anilines is 1. The molecule has 0 radical (unpaired) electrons. The smallest absolute Gasteiger partial charge is 0.237 e. The highest BCUT2D eigenvalue weighted by molar-refractivity contribution is 5.93. The first-order valence-electron chi connectivity index (χ1n) is 4.69. The Kier molecular flexibility index (Phi) is 4.05. The Morgan fingerprint density at radius 2 is 2.47 bits per heavy atom.